The third-order valence-electron chi connectivity index (χ3n) is 5.15. The summed E-state index contributed by atoms with van der Waals surface area (Å²) in [6.45, 7) is 0.892. The average Bonchev–Trinajstić information content (AvgIpc) is 3.18. The smallest absolute Gasteiger partial charge is 0.238 e. The van der Waals surface area contributed by atoms with Crippen LogP contribution in [0.25, 0.3) is 11.1 Å². The van der Waals surface area contributed by atoms with Crippen molar-refractivity contribution in [1.82, 2.24) is 14.9 Å². The fourth-order valence-corrected chi connectivity index (χ4v) is 3.76. The molecule has 1 aliphatic rings. The highest BCUT2D eigenvalue weighted by Crippen LogP contribution is 2.36. The first-order chi connectivity index (χ1) is 14.5. The number of nitrogens with two attached hydrogens (primary N) is 1. The molecule has 0 bridgehead atoms. The number of hydrogen-bond acceptors (Lipinski definition) is 5. The number of carbonyl (C=O) groups excluding carboxylic acids is 1. The highest BCUT2D eigenvalue weighted by Gasteiger charge is 2.31. The van der Waals surface area contributed by atoms with Gasteiger partial charge in [0.15, 0.2) is 0 Å². The van der Waals surface area contributed by atoms with Gasteiger partial charge in [-0.15, -0.1) is 0 Å². The molecule has 1 aliphatic heterocycles. The number of likely N-dealkylation sites (tertiary alicyclic amines) is 1. The maximum Gasteiger partial charge on any atom is 0.238 e. The molecule has 6 nitrogen and oxygen atoms in total. The second kappa shape index (κ2) is 8.54. The van der Waals surface area contributed by atoms with Crippen molar-refractivity contribution in [2.75, 3.05) is 24.1 Å². The van der Waals surface area contributed by atoms with E-state index in [0.29, 0.717) is 5.69 Å². The molecule has 2 heterocycles. The lowest BCUT2D eigenvalue weighted by Gasteiger charge is -2.25. The summed E-state index contributed by atoms with van der Waals surface area (Å²) < 4.78 is 26.4. The van der Waals surface area contributed by atoms with E-state index in [2.05, 4.69) is 15.3 Å². The fraction of sp³-hybridized carbons (Fsp3) is 0.227. The third kappa shape index (κ3) is 4.44. The number of hydrogen-bond donors (Lipinski definition) is 2. The number of nitrogens with zero attached hydrogens (tertiary/aromatic N) is 3. The van der Waals surface area contributed by atoms with Crippen LogP contribution in [0.1, 0.15) is 24.6 Å². The Hall–Kier alpha value is -3.39. The van der Waals surface area contributed by atoms with Gasteiger partial charge in [0.2, 0.25) is 11.9 Å². The molecule has 3 N–H and O–H groups in total. The van der Waals surface area contributed by atoms with Crippen molar-refractivity contribution < 1.29 is 13.6 Å². The molecular weight excluding hydrogens is 388 g/mol. The van der Waals surface area contributed by atoms with Crippen LogP contribution in [-0.2, 0) is 4.79 Å². The predicted octanol–water partition coefficient (Wildman–Crippen LogP) is 3.78. The van der Waals surface area contributed by atoms with Gasteiger partial charge in [-0.25, -0.2) is 18.7 Å². The number of halogens is 2. The van der Waals surface area contributed by atoms with Crippen LogP contribution in [0.4, 0.5) is 20.4 Å². The maximum absolute atomic E-state index is 13.3. The molecule has 0 spiro atoms. The SMILES string of the molecule is Nc1ncc(-c2ccc(F)cc2)c([C@H]2CCCN2CC(=O)Nc2ccc(F)cc2)n1. The molecule has 0 unspecified atom stereocenters. The Morgan fingerprint density at radius 1 is 1.10 bits per heavy atom. The second-order valence-electron chi connectivity index (χ2n) is 7.22. The van der Waals surface area contributed by atoms with Crippen molar-refractivity contribution in [3.05, 3.63) is 72.1 Å². The van der Waals surface area contributed by atoms with E-state index in [1.54, 1.807) is 18.3 Å². The van der Waals surface area contributed by atoms with E-state index < -0.39 is 0 Å². The highest BCUT2D eigenvalue weighted by molar-refractivity contribution is 5.92. The normalized spacial score (nSPS) is 16.5. The molecule has 154 valence electrons. The number of rotatable bonds is 5. The number of nitrogen functional groups attached to an aromatic ring is 1. The van der Waals surface area contributed by atoms with Crippen LogP contribution in [0.5, 0.6) is 0 Å². The minimum Gasteiger partial charge on any atom is -0.368 e. The van der Waals surface area contributed by atoms with Crippen LogP contribution >= 0.6 is 0 Å². The number of benzene rings is 2. The van der Waals surface area contributed by atoms with Gasteiger partial charge < -0.3 is 11.1 Å². The highest BCUT2D eigenvalue weighted by atomic mass is 19.1. The molecule has 1 saturated heterocycles. The summed E-state index contributed by atoms with van der Waals surface area (Å²) in [6, 6.07) is 11.6. The Morgan fingerprint density at radius 2 is 1.77 bits per heavy atom. The number of carbonyl (C=O) groups is 1. The lowest BCUT2D eigenvalue weighted by atomic mass is 10.00. The summed E-state index contributed by atoms with van der Waals surface area (Å²) >= 11 is 0. The number of amides is 1. The Kier molecular flexibility index (Phi) is 5.67. The molecule has 1 fully saturated rings. The van der Waals surface area contributed by atoms with Crippen molar-refractivity contribution in [2.24, 2.45) is 0 Å². The van der Waals surface area contributed by atoms with Gasteiger partial charge in [0, 0.05) is 17.4 Å². The molecule has 1 atom stereocenters. The predicted molar refractivity (Wildman–Crippen MR) is 110 cm³/mol. The fourth-order valence-electron chi connectivity index (χ4n) is 3.76. The minimum atomic E-state index is -0.359. The van der Waals surface area contributed by atoms with Crippen LogP contribution in [0, 0.1) is 11.6 Å². The zero-order valence-electron chi connectivity index (χ0n) is 16.2. The first-order valence-corrected chi connectivity index (χ1v) is 9.67. The molecule has 0 radical (unpaired) electrons. The van der Waals surface area contributed by atoms with Gasteiger partial charge >= 0.3 is 0 Å². The van der Waals surface area contributed by atoms with Crippen LogP contribution < -0.4 is 11.1 Å². The van der Waals surface area contributed by atoms with Crippen LogP contribution in [0.15, 0.2) is 54.7 Å². The summed E-state index contributed by atoms with van der Waals surface area (Å²) in [5.74, 6) is -0.726. The van der Waals surface area contributed by atoms with E-state index >= 15 is 0 Å². The third-order valence-corrected chi connectivity index (χ3v) is 5.15. The van der Waals surface area contributed by atoms with E-state index in [-0.39, 0.29) is 36.1 Å². The van der Waals surface area contributed by atoms with Crippen molar-refractivity contribution in [3.8, 4) is 11.1 Å². The first-order valence-electron chi connectivity index (χ1n) is 9.67. The van der Waals surface area contributed by atoms with E-state index in [0.717, 1.165) is 36.2 Å². The summed E-state index contributed by atoms with van der Waals surface area (Å²) in [5.41, 5.74) is 8.66. The molecule has 4 rings (SSSR count). The van der Waals surface area contributed by atoms with Gasteiger partial charge in [-0.2, -0.15) is 0 Å². The van der Waals surface area contributed by atoms with E-state index in [1.807, 2.05) is 4.90 Å². The molecule has 30 heavy (non-hydrogen) atoms. The number of anilines is 2. The molecule has 0 aliphatic carbocycles. The van der Waals surface area contributed by atoms with Gasteiger partial charge in [-0.05, 0) is 61.3 Å². The zero-order chi connectivity index (χ0) is 21.1. The standard InChI is InChI=1S/C22H21F2N5O/c23-15-5-3-14(4-6-15)18-12-26-22(25)28-21(18)19-2-1-11-29(19)13-20(30)27-17-9-7-16(24)8-10-17/h3-10,12,19H,1-2,11,13H2,(H,27,30)(H2,25,26,28)/t19-/m1/s1. The molecule has 2 aromatic carbocycles. The van der Waals surface area contributed by atoms with Crippen molar-refractivity contribution in [3.63, 3.8) is 0 Å². The van der Waals surface area contributed by atoms with E-state index in [9.17, 15) is 13.6 Å². The summed E-state index contributed by atoms with van der Waals surface area (Å²) in [7, 11) is 0. The Balaban J connectivity index is 1.55. The van der Waals surface area contributed by atoms with Gasteiger partial charge in [-0.3, -0.25) is 9.69 Å². The molecule has 1 aromatic heterocycles. The number of nitrogens with one attached hydrogen (secondary N) is 1. The second-order valence-corrected chi connectivity index (χ2v) is 7.22. The molecule has 3 aromatic rings. The Morgan fingerprint density at radius 3 is 2.47 bits per heavy atom. The topological polar surface area (TPSA) is 84.1 Å². The van der Waals surface area contributed by atoms with Crippen molar-refractivity contribution in [1.29, 1.82) is 0 Å². The number of aromatic nitrogens is 2. The molecular formula is C22H21F2N5O. The van der Waals surface area contributed by atoms with Crippen LogP contribution in [0.2, 0.25) is 0 Å². The van der Waals surface area contributed by atoms with Gasteiger partial charge in [-0.1, -0.05) is 12.1 Å². The van der Waals surface area contributed by atoms with Crippen molar-refractivity contribution in [2.45, 2.75) is 18.9 Å². The molecule has 1 amide bonds. The minimum absolute atomic E-state index is 0.116. The van der Waals surface area contributed by atoms with Crippen LogP contribution in [0.3, 0.4) is 0 Å². The monoisotopic (exact) mass is 409 g/mol. The van der Waals surface area contributed by atoms with Gasteiger partial charge in [0.25, 0.3) is 0 Å². The Bertz CT molecular complexity index is 1040. The largest absolute Gasteiger partial charge is 0.368 e. The van der Waals surface area contributed by atoms with Gasteiger partial charge in [0.05, 0.1) is 18.3 Å². The maximum atomic E-state index is 13.3. The lowest BCUT2D eigenvalue weighted by Crippen LogP contribution is -2.33. The molecule has 0 saturated carbocycles. The first kappa shape index (κ1) is 19.9. The van der Waals surface area contributed by atoms with Gasteiger partial charge in [0.1, 0.15) is 11.6 Å². The van der Waals surface area contributed by atoms with E-state index in [1.165, 1.54) is 36.4 Å². The summed E-state index contributed by atoms with van der Waals surface area (Å²) in [6.07, 6.45) is 3.36. The zero-order valence-corrected chi connectivity index (χ0v) is 16.2. The summed E-state index contributed by atoms with van der Waals surface area (Å²) in [4.78, 5) is 23.1. The quantitative estimate of drug-likeness (QED) is 0.670. The molecule has 8 heteroatoms. The van der Waals surface area contributed by atoms with Crippen molar-refractivity contribution >= 4 is 17.5 Å². The summed E-state index contributed by atoms with van der Waals surface area (Å²) in [5, 5.41) is 2.79. The average molecular weight is 409 g/mol. The Labute approximate surface area is 172 Å². The lowest BCUT2D eigenvalue weighted by molar-refractivity contribution is -0.117. The van der Waals surface area contributed by atoms with E-state index in [4.69, 9.17) is 5.73 Å². The van der Waals surface area contributed by atoms with Crippen LogP contribution in [-0.4, -0.2) is 33.9 Å².